The molecule has 0 amide bonds. The van der Waals surface area contributed by atoms with E-state index < -0.39 is 6.10 Å². The van der Waals surface area contributed by atoms with Crippen LogP contribution >= 0.6 is 0 Å². The fraction of sp³-hybridized carbons (Fsp3) is 0.294. The smallest absolute Gasteiger partial charge is 0.162 e. The Bertz CT molecular complexity index is 574. The van der Waals surface area contributed by atoms with Gasteiger partial charge in [0.25, 0.3) is 0 Å². The van der Waals surface area contributed by atoms with E-state index in [4.69, 9.17) is 15.2 Å². The van der Waals surface area contributed by atoms with Gasteiger partial charge in [0.15, 0.2) is 11.5 Å². The van der Waals surface area contributed by atoms with Crippen molar-refractivity contribution in [3.63, 3.8) is 0 Å². The van der Waals surface area contributed by atoms with Gasteiger partial charge in [-0.3, -0.25) is 0 Å². The maximum absolute atomic E-state index is 13.3. The molecule has 1 atom stereocenters. The molecule has 0 radical (unpaired) electrons. The second-order valence-electron chi connectivity index (χ2n) is 4.69. The van der Waals surface area contributed by atoms with E-state index in [0.29, 0.717) is 23.7 Å². The molecule has 0 fully saturated rings. The van der Waals surface area contributed by atoms with E-state index >= 15 is 0 Å². The van der Waals surface area contributed by atoms with Crippen LogP contribution in [0, 0.1) is 5.82 Å². The third-order valence-electron chi connectivity index (χ3n) is 3.01. The molecule has 3 nitrogen and oxygen atoms in total. The summed E-state index contributed by atoms with van der Waals surface area (Å²) in [6, 6.07) is 13.7. The van der Waals surface area contributed by atoms with Gasteiger partial charge in [-0.2, -0.15) is 0 Å². The van der Waals surface area contributed by atoms with Gasteiger partial charge < -0.3 is 15.2 Å². The number of nitrogens with two attached hydrogens (primary N) is 1. The van der Waals surface area contributed by atoms with E-state index in [1.807, 2.05) is 31.2 Å². The first kappa shape index (κ1) is 15.3. The Morgan fingerprint density at radius 3 is 2.52 bits per heavy atom. The molecule has 2 aromatic rings. The van der Waals surface area contributed by atoms with E-state index in [0.717, 1.165) is 6.42 Å². The van der Waals surface area contributed by atoms with Crippen LogP contribution in [0.3, 0.4) is 0 Å². The summed E-state index contributed by atoms with van der Waals surface area (Å²) in [4.78, 5) is 0. The van der Waals surface area contributed by atoms with Crippen LogP contribution in [0.25, 0.3) is 0 Å². The average molecular weight is 289 g/mol. The molecule has 1 unspecified atom stereocenters. The van der Waals surface area contributed by atoms with Crippen molar-refractivity contribution in [2.45, 2.75) is 19.4 Å². The summed E-state index contributed by atoms with van der Waals surface area (Å²) < 4.78 is 24.9. The zero-order valence-electron chi connectivity index (χ0n) is 12.1. The van der Waals surface area contributed by atoms with Crippen LogP contribution in [-0.2, 0) is 0 Å². The maximum atomic E-state index is 13.3. The lowest BCUT2D eigenvalue weighted by Gasteiger charge is -2.20. The summed E-state index contributed by atoms with van der Waals surface area (Å²) >= 11 is 0. The Labute approximate surface area is 124 Å². The van der Waals surface area contributed by atoms with Crippen LogP contribution in [0.15, 0.2) is 48.5 Å². The van der Waals surface area contributed by atoms with Gasteiger partial charge in [-0.15, -0.1) is 0 Å². The molecule has 2 aromatic carbocycles. The quantitative estimate of drug-likeness (QED) is 0.845. The molecule has 0 aliphatic rings. The minimum atomic E-state index is -0.410. The molecule has 0 saturated carbocycles. The van der Waals surface area contributed by atoms with Gasteiger partial charge in [0, 0.05) is 6.54 Å². The topological polar surface area (TPSA) is 44.5 Å². The summed E-state index contributed by atoms with van der Waals surface area (Å²) in [5, 5.41) is 0. The summed E-state index contributed by atoms with van der Waals surface area (Å²) in [6.45, 7) is 2.91. The molecule has 0 aliphatic heterocycles. The molecule has 0 spiro atoms. The molecule has 0 saturated heterocycles. The summed E-state index contributed by atoms with van der Waals surface area (Å²) in [7, 11) is 0. The zero-order chi connectivity index (χ0) is 15.1. The Morgan fingerprint density at radius 1 is 1.10 bits per heavy atom. The first-order valence-corrected chi connectivity index (χ1v) is 7.08. The lowest BCUT2D eigenvalue weighted by Crippen LogP contribution is -2.19. The van der Waals surface area contributed by atoms with Gasteiger partial charge in [0.2, 0.25) is 0 Å². The Hall–Kier alpha value is -2.07. The average Bonchev–Trinajstić information content (AvgIpc) is 2.51. The number of para-hydroxylation sites is 2. The number of benzene rings is 2. The minimum Gasteiger partial charge on any atom is -0.490 e. The highest BCUT2D eigenvalue weighted by atomic mass is 19.1. The molecule has 0 heterocycles. The van der Waals surface area contributed by atoms with Gasteiger partial charge in [0.05, 0.1) is 6.61 Å². The van der Waals surface area contributed by atoms with Gasteiger partial charge in [-0.1, -0.05) is 31.2 Å². The second-order valence-corrected chi connectivity index (χ2v) is 4.69. The molecule has 0 bridgehead atoms. The molecule has 2 N–H and O–H groups in total. The fourth-order valence-electron chi connectivity index (χ4n) is 1.99. The van der Waals surface area contributed by atoms with Crippen LogP contribution in [0.4, 0.5) is 4.39 Å². The third-order valence-corrected chi connectivity index (χ3v) is 3.01. The van der Waals surface area contributed by atoms with Crippen molar-refractivity contribution in [2.24, 2.45) is 5.73 Å². The van der Waals surface area contributed by atoms with Gasteiger partial charge in [-0.05, 0) is 36.2 Å². The SMILES string of the molecule is CCCOc1ccccc1OC(CN)c1cccc(F)c1. The van der Waals surface area contributed by atoms with Crippen LogP contribution in [0.2, 0.25) is 0 Å². The van der Waals surface area contributed by atoms with Gasteiger partial charge in [-0.25, -0.2) is 4.39 Å². The normalized spacial score (nSPS) is 12.0. The Balaban J connectivity index is 2.18. The van der Waals surface area contributed by atoms with Crippen molar-refractivity contribution >= 4 is 0 Å². The molecular formula is C17H20FNO2. The van der Waals surface area contributed by atoms with Crippen molar-refractivity contribution in [1.82, 2.24) is 0 Å². The van der Waals surface area contributed by atoms with Crippen LogP contribution in [0.5, 0.6) is 11.5 Å². The first-order valence-electron chi connectivity index (χ1n) is 7.08. The van der Waals surface area contributed by atoms with E-state index in [9.17, 15) is 4.39 Å². The summed E-state index contributed by atoms with van der Waals surface area (Å²) in [6.07, 6.45) is 0.505. The Kier molecular flexibility index (Phi) is 5.58. The molecule has 2 rings (SSSR count). The first-order chi connectivity index (χ1) is 10.2. The number of hydrogen-bond acceptors (Lipinski definition) is 3. The van der Waals surface area contributed by atoms with Crippen molar-refractivity contribution in [3.05, 3.63) is 59.9 Å². The minimum absolute atomic E-state index is 0.256. The maximum Gasteiger partial charge on any atom is 0.162 e. The molecule has 4 heteroatoms. The van der Waals surface area contributed by atoms with Crippen molar-refractivity contribution in [2.75, 3.05) is 13.2 Å². The van der Waals surface area contributed by atoms with E-state index in [-0.39, 0.29) is 12.4 Å². The van der Waals surface area contributed by atoms with E-state index in [1.54, 1.807) is 12.1 Å². The summed E-state index contributed by atoms with van der Waals surface area (Å²) in [5.41, 5.74) is 6.48. The predicted octanol–water partition coefficient (Wildman–Crippen LogP) is 3.69. The zero-order valence-corrected chi connectivity index (χ0v) is 12.1. The Morgan fingerprint density at radius 2 is 1.86 bits per heavy atom. The van der Waals surface area contributed by atoms with Crippen molar-refractivity contribution < 1.29 is 13.9 Å². The number of hydrogen-bond donors (Lipinski definition) is 1. The largest absolute Gasteiger partial charge is 0.490 e. The second kappa shape index (κ2) is 7.64. The van der Waals surface area contributed by atoms with Crippen LogP contribution in [-0.4, -0.2) is 13.2 Å². The van der Waals surface area contributed by atoms with E-state index in [2.05, 4.69) is 0 Å². The highest BCUT2D eigenvalue weighted by Gasteiger charge is 2.14. The number of ether oxygens (including phenoxy) is 2. The fourth-order valence-corrected chi connectivity index (χ4v) is 1.99. The molecular weight excluding hydrogens is 269 g/mol. The molecule has 112 valence electrons. The number of rotatable bonds is 7. The third kappa shape index (κ3) is 4.20. The van der Waals surface area contributed by atoms with Crippen molar-refractivity contribution in [1.29, 1.82) is 0 Å². The van der Waals surface area contributed by atoms with Gasteiger partial charge in [0.1, 0.15) is 11.9 Å². The van der Waals surface area contributed by atoms with Crippen LogP contribution < -0.4 is 15.2 Å². The highest BCUT2D eigenvalue weighted by Crippen LogP contribution is 2.31. The number of halogens is 1. The molecule has 0 aliphatic carbocycles. The lowest BCUT2D eigenvalue weighted by molar-refractivity contribution is 0.198. The standard InChI is InChI=1S/C17H20FNO2/c1-2-10-20-15-8-3-4-9-16(15)21-17(12-19)13-6-5-7-14(18)11-13/h3-9,11,17H,2,10,12,19H2,1H3. The lowest BCUT2D eigenvalue weighted by atomic mass is 10.1. The van der Waals surface area contributed by atoms with E-state index in [1.165, 1.54) is 12.1 Å². The predicted molar refractivity (Wildman–Crippen MR) is 81.1 cm³/mol. The van der Waals surface area contributed by atoms with Crippen molar-refractivity contribution in [3.8, 4) is 11.5 Å². The molecule has 0 aromatic heterocycles. The highest BCUT2D eigenvalue weighted by molar-refractivity contribution is 5.40. The van der Waals surface area contributed by atoms with Gasteiger partial charge >= 0.3 is 0 Å². The molecule has 21 heavy (non-hydrogen) atoms. The van der Waals surface area contributed by atoms with Crippen LogP contribution in [0.1, 0.15) is 25.0 Å². The summed E-state index contributed by atoms with van der Waals surface area (Å²) in [5.74, 6) is 0.991. The monoisotopic (exact) mass is 289 g/mol.